The Kier molecular flexibility index (Phi) is 5.43. The van der Waals surface area contributed by atoms with Crippen LogP contribution in [0.15, 0.2) is 80.8 Å². The second-order valence-corrected chi connectivity index (χ2v) is 7.62. The van der Waals surface area contributed by atoms with Crippen LogP contribution in [0.1, 0.15) is 22.8 Å². The fraction of sp³-hybridized carbons (Fsp3) is 0.120. The van der Waals surface area contributed by atoms with E-state index in [0.29, 0.717) is 22.4 Å². The van der Waals surface area contributed by atoms with E-state index >= 15 is 0 Å². The van der Waals surface area contributed by atoms with Gasteiger partial charge in [0.1, 0.15) is 0 Å². The molecule has 0 atom stereocenters. The van der Waals surface area contributed by atoms with Gasteiger partial charge in [0.25, 0.3) is 0 Å². The van der Waals surface area contributed by atoms with E-state index in [4.69, 9.17) is 4.74 Å². The number of aromatic nitrogens is 4. The van der Waals surface area contributed by atoms with Gasteiger partial charge >= 0.3 is 17.4 Å². The lowest BCUT2D eigenvalue weighted by Gasteiger charge is -2.10. The maximum absolute atomic E-state index is 12.7. The molecule has 0 saturated carbocycles. The van der Waals surface area contributed by atoms with Crippen molar-refractivity contribution in [3.05, 3.63) is 98.9 Å². The number of ether oxygens (including phenoxy) is 1. The van der Waals surface area contributed by atoms with E-state index in [-0.39, 0.29) is 18.8 Å². The summed E-state index contributed by atoms with van der Waals surface area (Å²) in [5, 5.41) is 3.79. The summed E-state index contributed by atoms with van der Waals surface area (Å²) in [5.74, 6) is -0.744. The summed E-state index contributed by atoms with van der Waals surface area (Å²) in [4.78, 5) is 41.9. The first-order valence-electron chi connectivity index (χ1n) is 10.7. The number of H-pyrrole nitrogens is 2. The number of hydrogen-bond donors (Lipinski definition) is 2. The molecule has 2 heterocycles. The number of esters is 1. The van der Waals surface area contributed by atoms with Crippen LogP contribution in [-0.2, 0) is 11.3 Å². The molecule has 34 heavy (non-hydrogen) atoms. The van der Waals surface area contributed by atoms with Gasteiger partial charge < -0.3 is 9.72 Å². The van der Waals surface area contributed by atoms with Gasteiger partial charge in [0.05, 0.1) is 29.7 Å². The molecular formula is C25H20N4O5. The van der Waals surface area contributed by atoms with Crippen LogP contribution in [0.3, 0.4) is 0 Å². The van der Waals surface area contributed by atoms with Crippen molar-refractivity contribution in [3.8, 4) is 22.5 Å². The molecule has 0 bridgehead atoms. The van der Waals surface area contributed by atoms with E-state index in [1.165, 1.54) is 4.57 Å². The number of hydrogen-bond acceptors (Lipinski definition) is 6. The number of fused-ring (bicyclic) bond motifs is 1. The average Bonchev–Trinajstić information content (AvgIpc) is 3.42. The molecule has 0 saturated heterocycles. The van der Waals surface area contributed by atoms with Crippen molar-refractivity contribution >= 4 is 17.0 Å². The highest BCUT2D eigenvalue weighted by atomic mass is 16.5. The monoisotopic (exact) mass is 456 g/mol. The number of para-hydroxylation sites is 1. The zero-order valence-corrected chi connectivity index (χ0v) is 18.2. The Morgan fingerprint density at radius 1 is 0.971 bits per heavy atom. The smallest absolute Gasteiger partial charge is 0.439 e. The highest BCUT2D eigenvalue weighted by Crippen LogP contribution is 2.30. The number of nitrogens with one attached hydrogen (secondary N) is 2. The number of carbonyl (C=O) groups excluding carboxylic acids is 1. The molecule has 2 aromatic heterocycles. The lowest BCUT2D eigenvalue weighted by Crippen LogP contribution is -2.18. The maximum atomic E-state index is 12.7. The number of imidazole rings is 1. The van der Waals surface area contributed by atoms with Crippen LogP contribution >= 0.6 is 0 Å². The van der Waals surface area contributed by atoms with E-state index < -0.39 is 11.7 Å². The first-order chi connectivity index (χ1) is 16.5. The summed E-state index contributed by atoms with van der Waals surface area (Å²) in [7, 11) is 0. The molecule has 0 fully saturated rings. The summed E-state index contributed by atoms with van der Waals surface area (Å²) in [6, 6.07) is 20.3. The molecule has 2 N–H and O–H groups in total. The van der Waals surface area contributed by atoms with Crippen molar-refractivity contribution in [2.24, 2.45) is 0 Å². The fourth-order valence-corrected chi connectivity index (χ4v) is 4.00. The number of benzene rings is 3. The van der Waals surface area contributed by atoms with E-state index in [1.54, 1.807) is 25.1 Å². The number of rotatable bonds is 6. The van der Waals surface area contributed by atoms with Gasteiger partial charge in [-0.15, -0.1) is 0 Å². The highest BCUT2D eigenvalue weighted by molar-refractivity contribution is 6.02. The van der Waals surface area contributed by atoms with Crippen LogP contribution in [0, 0.1) is 0 Å². The van der Waals surface area contributed by atoms with Crippen molar-refractivity contribution in [1.29, 1.82) is 0 Å². The van der Waals surface area contributed by atoms with Gasteiger partial charge in [-0.2, -0.15) is 0 Å². The number of aromatic amines is 2. The molecule has 5 aromatic rings. The van der Waals surface area contributed by atoms with E-state index in [1.807, 2.05) is 48.5 Å². The minimum Gasteiger partial charge on any atom is -0.462 e. The van der Waals surface area contributed by atoms with Crippen LogP contribution in [-0.4, -0.2) is 32.3 Å². The van der Waals surface area contributed by atoms with Crippen molar-refractivity contribution in [2.45, 2.75) is 13.5 Å². The molecule has 9 nitrogen and oxygen atoms in total. The lowest BCUT2D eigenvalue weighted by molar-refractivity contribution is 0.0528. The van der Waals surface area contributed by atoms with Crippen molar-refractivity contribution in [3.63, 3.8) is 0 Å². The second-order valence-electron chi connectivity index (χ2n) is 7.62. The van der Waals surface area contributed by atoms with Gasteiger partial charge in [-0.3, -0.25) is 14.1 Å². The van der Waals surface area contributed by atoms with Gasteiger partial charge in [0.2, 0.25) is 0 Å². The molecule has 0 aliphatic rings. The van der Waals surface area contributed by atoms with Crippen molar-refractivity contribution in [1.82, 2.24) is 19.7 Å². The third-order valence-corrected chi connectivity index (χ3v) is 5.52. The second kappa shape index (κ2) is 8.70. The molecule has 0 aliphatic heterocycles. The Hall–Kier alpha value is -4.66. The zero-order valence-electron chi connectivity index (χ0n) is 18.2. The Labute approximate surface area is 192 Å². The Bertz CT molecular complexity index is 1600. The first-order valence-corrected chi connectivity index (χ1v) is 10.7. The summed E-state index contributed by atoms with van der Waals surface area (Å²) < 4.78 is 11.3. The summed E-state index contributed by atoms with van der Waals surface area (Å²) in [5.41, 5.74) is 4.49. The van der Waals surface area contributed by atoms with Crippen LogP contribution in [0.5, 0.6) is 0 Å². The molecule has 3 aromatic carbocycles. The lowest BCUT2D eigenvalue weighted by atomic mass is 9.98. The Morgan fingerprint density at radius 2 is 1.74 bits per heavy atom. The minimum absolute atomic E-state index is 0.245. The normalized spacial score (nSPS) is 11.1. The van der Waals surface area contributed by atoms with Crippen LogP contribution in [0.2, 0.25) is 0 Å². The van der Waals surface area contributed by atoms with Crippen LogP contribution in [0.25, 0.3) is 33.5 Å². The molecule has 5 rings (SSSR count). The molecule has 0 spiro atoms. The third-order valence-electron chi connectivity index (χ3n) is 5.52. The van der Waals surface area contributed by atoms with Crippen molar-refractivity contribution in [2.75, 3.05) is 6.61 Å². The van der Waals surface area contributed by atoms with Gasteiger partial charge in [-0.25, -0.2) is 14.4 Å². The Balaban J connectivity index is 1.50. The minimum atomic E-state index is -0.619. The van der Waals surface area contributed by atoms with Crippen LogP contribution in [0.4, 0.5) is 0 Å². The zero-order chi connectivity index (χ0) is 23.7. The molecular weight excluding hydrogens is 436 g/mol. The Morgan fingerprint density at radius 3 is 2.44 bits per heavy atom. The van der Waals surface area contributed by atoms with Gasteiger partial charge in [0, 0.05) is 5.56 Å². The largest absolute Gasteiger partial charge is 0.462 e. The van der Waals surface area contributed by atoms with Crippen LogP contribution < -0.4 is 11.4 Å². The number of carbonyl (C=O) groups is 1. The molecule has 0 aliphatic carbocycles. The predicted octanol–water partition coefficient (Wildman–Crippen LogP) is 3.56. The standard InChI is InChI=1S/C25H20N4O5/c1-2-33-23(30)19-8-5-9-20-21(19)29(24(31)26-20)14-15-10-12-16(13-11-15)17-6-3-4-7-18(17)22-27-25(32)34-28-22/h3-13H,2,14H2,1H3,(H,26,31)(H,27,28,32). The molecule has 170 valence electrons. The summed E-state index contributed by atoms with van der Waals surface area (Å²) >= 11 is 0. The van der Waals surface area contributed by atoms with Gasteiger partial charge in [0.15, 0.2) is 5.82 Å². The van der Waals surface area contributed by atoms with E-state index in [2.05, 4.69) is 19.6 Å². The summed E-state index contributed by atoms with van der Waals surface area (Å²) in [6.45, 7) is 2.25. The van der Waals surface area contributed by atoms with E-state index in [0.717, 1.165) is 22.3 Å². The molecule has 9 heteroatoms. The SMILES string of the molecule is CCOC(=O)c1cccc2[nH]c(=O)n(Cc3ccc(-c4ccccc4-c4noc(=O)[nH]4)cc3)c12. The number of nitrogens with zero attached hydrogens (tertiary/aromatic N) is 2. The fourth-order valence-electron chi connectivity index (χ4n) is 4.00. The van der Waals surface area contributed by atoms with Gasteiger partial charge in [-0.05, 0) is 35.7 Å². The van der Waals surface area contributed by atoms with E-state index in [9.17, 15) is 14.4 Å². The third kappa shape index (κ3) is 3.83. The predicted molar refractivity (Wildman–Crippen MR) is 126 cm³/mol. The summed E-state index contributed by atoms with van der Waals surface area (Å²) in [6.07, 6.45) is 0. The average molecular weight is 456 g/mol. The molecule has 0 amide bonds. The van der Waals surface area contributed by atoms with Gasteiger partial charge in [-0.1, -0.05) is 59.8 Å². The molecule has 0 radical (unpaired) electrons. The maximum Gasteiger partial charge on any atom is 0.439 e. The highest BCUT2D eigenvalue weighted by Gasteiger charge is 2.17. The topological polar surface area (TPSA) is 123 Å². The van der Waals surface area contributed by atoms with Crippen molar-refractivity contribution < 1.29 is 14.1 Å². The molecule has 0 unspecified atom stereocenters. The quantitative estimate of drug-likeness (QED) is 0.377. The first kappa shape index (κ1) is 21.2.